The SMILES string of the molecule is COCC(C)(NC(=O)[C@H]1CNC[C@@H]1c1cnn(C)c1)C(=O)OC.Cl. The second kappa shape index (κ2) is 8.46. The van der Waals surface area contributed by atoms with Crippen LogP contribution in [-0.2, 0) is 26.1 Å². The van der Waals surface area contributed by atoms with Crippen LogP contribution in [0.2, 0.25) is 0 Å². The molecule has 1 unspecified atom stereocenters. The number of aryl methyl sites for hydroxylation is 1. The molecule has 2 rings (SSSR count). The molecule has 2 heterocycles. The van der Waals surface area contributed by atoms with E-state index in [0.29, 0.717) is 13.1 Å². The van der Waals surface area contributed by atoms with Gasteiger partial charge >= 0.3 is 5.97 Å². The maximum absolute atomic E-state index is 12.7. The second-order valence-electron chi connectivity index (χ2n) is 6.06. The number of hydrogen-bond acceptors (Lipinski definition) is 6. The highest BCUT2D eigenvalue weighted by molar-refractivity contribution is 5.89. The number of amides is 1. The van der Waals surface area contributed by atoms with Gasteiger partial charge in [0, 0.05) is 39.4 Å². The van der Waals surface area contributed by atoms with Gasteiger partial charge in [-0.15, -0.1) is 12.4 Å². The predicted molar refractivity (Wildman–Crippen MR) is 90.0 cm³/mol. The lowest BCUT2D eigenvalue weighted by atomic mass is 9.89. The number of halogens is 1. The van der Waals surface area contributed by atoms with E-state index in [0.717, 1.165) is 5.56 Å². The monoisotopic (exact) mass is 360 g/mol. The first-order valence-electron chi connectivity index (χ1n) is 7.50. The van der Waals surface area contributed by atoms with Gasteiger partial charge in [0.15, 0.2) is 5.54 Å². The van der Waals surface area contributed by atoms with Crippen molar-refractivity contribution in [2.75, 3.05) is 33.9 Å². The van der Waals surface area contributed by atoms with Crippen molar-refractivity contribution in [3.63, 3.8) is 0 Å². The zero-order chi connectivity index (χ0) is 17.0. The Bertz CT molecular complexity index is 580. The summed E-state index contributed by atoms with van der Waals surface area (Å²) in [4.78, 5) is 24.7. The van der Waals surface area contributed by atoms with Crippen molar-refractivity contribution in [1.29, 1.82) is 0 Å². The lowest BCUT2D eigenvalue weighted by Gasteiger charge is -2.29. The molecule has 1 aliphatic heterocycles. The van der Waals surface area contributed by atoms with Crippen LogP contribution in [0.4, 0.5) is 0 Å². The van der Waals surface area contributed by atoms with E-state index < -0.39 is 11.5 Å². The number of ether oxygens (including phenoxy) is 2. The number of aromatic nitrogens is 2. The van der Waals surface area contributed by atoms with Crippen LogP contribution in [0.5, 0.6) is 0 Å². The van der Waals surface area contributed by atoms with Crippen LogP contribution < -0.4 is 10.6 Å². The van der Waals surface area contributed by atoms with E-state index in [1.807, 2.05) is 13.2 Å². The van der Waals surface area contributed by atoms with E-state index in [1.165, 1.54) is 14.2 Å². The molecule has 1 aromatic rings. The summed E-state index contributed by atoms with van der Waals surface area (Å²) in [7, 11) is 4.61. The van der Waals surface area contributed by atoms with Gasteiger partial charge in [-0.25, -0.2) is 4.79 Å². The molecule has 24 heavy (non-hydrogen) atoms. The first-order chi connectivity index (χ1) is 10.9. The first-order valence-corrected chi connectivity index (χ1v) is 7.50. The largest absolute Gasteiger partial charge is 0.467 e. The number of nitrogens with one attached hydrogen (secondary N) is 2. The maximum Gasteiger partial charge on any atom is 0.333 e. The molecular formula is C15H25ClN4O4. The molecule has 9 heteroatoms. The molecule has 0 aliphatic carbocycles. The van der Waals surface area contributed by atoms with Gasteiger partial charge in [0.1, 0.15) is 0 Å². The molecule has 1 aliphatic rings. The number of esters is 1. The summed E-state index contributed by atoms with van der Waals surface area (Å²) in [6, 6.07) is 0. The zero-order valence-electron chi connectivity index (χ0n) is 14.4. The van der Waals surface area contributed by atoms with Crippen molar-refractivity contribution in [2.45, 2.75) is 18.4 Å². The smallest absolute Gasteiger partial charge is 0.333 e. The van der Waals surface area contributed by atoms with E-state index in [9.17, 15) is 9.59 Å². The fourth-order valence-corrected chi connectivity index (χ4v) is 2.96. The summed E-state index contributed by atoms with van der Waals surface area (Å²) in [6.45, 7) is 2.89. The van der Waals surface area contributed by atoms with Gasteiger partial charge in [0.25, 0.3) is 0 Å². The van der Waals surface area contributed by atoms with Crippen LogP contribution in [0.3, 0.4) is 0 Å². The summed E-state index contributed by atoms with van der Waals surface area (Å²) in [6.07, 6.45) is 3.68. The third-order valence-electron chi connectivity index (χ3n) is 4.17. The summed E-state index contributed by atoms with van der Waals surface area (Å²) in [5.41, 5.74) is -0.202. The minimum atomic E-state index is -1.21. The molecule has 0 aromatic carbocycles. The lowest BCUT2D eigenvalue weighted by Crippen LogP contribution is -2.57. The van der Waals surface area contributed by atoms with Crippen molar-refractivity contribution in [1.82, 2.24) is 20.4 Å². The molecule has 3 atom stereocenters. The highest BCUT2D eigenvalue weighted by Crippen LogP contribution is 2.28. The fourth-order valence-electron chi connectivity index (χ4n) is 2.96. The average Bonchev–Trinajstić information content (AvgIpc) is 3.14. The molecule has 0 bridgehead atoms. The summed E-state index contributed by atoms with van der Waals surface area (Å²) in [5, 5.41) is 10.2. The molecule has 0 radical (unpaired) electrons. The van der Waals surface area contributed by atoms with E-state index in [-0.39, 0.29) is 36.8 Å². The molecule has 1 amide bonds. The van der Waals surface area contributed by atoms with Crippen molar-refractivity contribution >= 4 is 24.3 Å². The third-order valence-corrected chi connectivity index (χ3v) is 4.17. The standard InChI is InChI=1S/C15H24N4O4.ClH/c1-15(9-22-3,14(21)23-4)18-13(20)12-7-16-6-11(12)10-5-17-19(2)8-10;/h5,8,11-12,16H,6-7,9H2,1-4H3,(H,18,20);1H/t11-,12+,15?;/m1./s1. The van der Waals surface area contributed by atoms with E-state index >= 15 is 0 Å². The molecule has 1 fully saturated rings. The Labute approximate surface area is 147 Å². The van der Waals surface area contributed by atoms with Crippen molar-refractivity contribution in [3.8, 4) is 0 Å². The Kier molecular flexibility index (Phi) is 7.19. The van der Waals surface area contributed by atoms with Gasteiger partial charge in [-0.05, 0) is 12.5 Å². The van der Waals surface area contributed by atoms with Crippen LogP contribution >= 0.6 is 12.4 Å². The Morgan fingerprint density at radius 2 is 2.17 bits per heavy atom. The number of rotatable bonds is 6. The van der Waals surface area contributed by atoms with Gasteiger partial charge in [-0.1, -0.05) is 0 Å². The van der Waals surface area contributed by atoms with Crippen molar-refractivity contribution in [2.24, 2.45) is 13.0 Å². The highest BCUT2D eigenvalue weighted by Gasteiger charge is 2.41. The molecule has 2 N–H and O–H groups in total. The van der Waals surface area contributed by atoms with E-state index in [1.54, 1.807) is 17.8 Å². The van der Waals surface area contributed by atoms with Crippen molar-refractivity contribution in [3.05, 3.63) is 18.0 Å². The molecule has 1 aromatic heterocycles. The normalized spacial score (nSPS) is 22.3. The van der Waals surface area contributed by atoms with E-state index in [2.05, 4.69) is 15.7 Å². The third kappa shape index (κ3) is 4.25. The van der Waals surface area contributed by atoms with Crippen LogP contribution in [0.15, 0.2) is 12.4 Å². The van der Waals surface area contributed by atoms with E-state index in [4.69, 9.17) is 9.47 Å². The summed E-state index contributed by atoms with van der Waals surface area (Å²) in [5.74, 6) is -0.987. The Balaban J connectivity index is 0.00000288. The van der Waals surface area contributed by atoms with Gasteiger partial charge in [-0.3, -0.25) is 9.48 Å². The van der Waals surface area contributed by atoms with Gasteiger partial charge in [-0.2, -0.15) is 5.10 Å². The van der Waals surface area contributed by atoms with Crippen molar-refractivity contribution < 1.29 is 19.1 Å². The van der Waals surface area contributed by atoms with Crippen LogP contribution in [-0.4, -0.2) is 61.1 Å². The molecule has 8 nitrogen and oxygen atoms in total. The number of hydrogen-bond donors (Lipinski definition) is 2. The minimum absolute atomic E-state index is 0. The van der Waals surface area contributed by atoms with Crippen LogP contribution in [0, 0.1) is 5.92 Å². The summed E-state index contributed by atoms with van der Waals surface area (Å²) < 4.78 is 11.6. The minimum Gasteiger partial charge on any atom is -0.467 e. The zero-order valence-corrected chi connectivity index (χ0v) is 15.2. The second-order valence-corrected chi connectivity index (χ2v) is 6.06. The number of nitrogens with zero attached hydrogens (tertiary/aromatic N) is 2. The first kappa shape index (κ1) is 20.4. The van der Waals surface area contributed by atoms with Gasteiger partial charge < -0.3 is 20.1 Å². The Hall–Kier alpha value is -1.64. The van der Waals surface area contributed by atoms with Crippen LogP contribution in [0.1, 0.15) is 18.4 Å². The molecule has 136 valence electrons. The predicted octanol–water partition coefficient (Wildman–Crippen LogP) is -0.161. The molecule has 0 spiro atoms. The maximum atomic E-state index is 12.7. The number of methoxy groups -OCH3 is 2. The average molecular weight is 361 g/mol. The van der Waals surface area contributed by atoms with Crippen LogP contribution in [0.25, 0.3) is 0 Å². The van der Waals surface area contributed by atoms with Gasteiger partial charge in [0.2, 0.25) is 5.91 Å². The number of carbonyl (C=O) groups is 2. The molecular weight excluding hydrogens is 336 g/mol. The summed E-state index contributed by atoms with van der Waals surface area (Å²) >= 11 is 0. The fraction of sp³-hybridized carbons (Fsp3) is 0.667. The van der Waals surface area contributed by atoms with Gasteiger partial charge in [0.05, 0.1) is 25.8 Å². The lowest BCUT2D eigenvalue weighted by molar-refractivity contribution is -0.153. The Morgan fingerprint density at radius 1 is 1.46 bits per heavy atom. The Morgan fingerprint density at radius 3 is 2.71 bits per heavy atom. The quantitative estimate of drug-likeness (QED) is 0.684. The highest BCUT2D eigenvalue weighted by atomic mass is 35.5. The molecule has 1 saturated heterocycles. The molecule has 0 saturated carbocycles. The number of carbonyl (C=O) groups excluding carboxylic acids is 2. The topological polar surface area (TPSA) is 94.5 Å².